The first-order valence-electron chi connectivity index (χ1n) is 19.7. The summed E-state index contributed by atoms with van der Waals surface area (Å²) in [6.45, 7) is 6.90. The fraction of sp³-hybridized carbons (Fsp3) is 0.707. The molecular formula is C41H70O6P2. The zero-order valence-electron chi connectivity index (χ0n) is 31.2. The summed E-state index contributed by atoms with van der Waals surface area (Å²) in [6.07, 6.45) is 31.5. The van der Waals surface area contributed by atoms with E-state index in [0.29, 0.717) is 17.4 Å². The Kier molecular flexibility index (Phi) is 24.5. The second-order valence-electron chi connectivity index (χ2n) is 14.3. The van der Waals surface area contributed by atoms with Gasteiger partial charge in [0.15, 0.2) is 0 Å². The van der Waals surface area contributed by atoms with Crippen LogP contribution in [0.2, 0.25) is 0 Å². The van der Waals surface area contributed by atoms with Crippen LogP contribution in [0, 0.1) is 5.92 Å². The average Bonchev–Trinajstić information content (AvgIpc) is 3.08. The smallest absolute Gasteiger partial charge is 0.391 e. The molecule has 0 saturated carbocycles. The van der Waals surface area contributed by atoms with E-state index in [1.54, 1.807) is 0 Å². The van der Waals surface area contributed by atoms with Crippen molar-refractivity contribution in [3.63, 3.8) is 0 Å². The Labute approximate surface area is 302 Å². The highest BCUT2D eigenvalue weighted by Crippen LogP contribution is 2.45. The monoisotopic (exact) mass is 720 g/mol. The molecule has 0 spiro atoms. The molecular weight excluding hydrogens is 650 g/mol. The topological polar surface area (TPSA) is 99.4 Å². The summed E-state index contributed by atoms with van der Waals surface area (Å²) in [5.41, 5.74) is 2.02. The predicted octanol–water partition coefficient (Wildman–Crippen LogP) is 13.2. The Hall–Kier alpha value is -1.26. The summed E-state index contributed by atoms with van der Waals surface area (Å²) in [4.78, 5) is 37.6. The van der Waals surface area contributed by atoms with Crippen LogP contribution < -0.4 is 9.05 Å². The Morgan fingerprint density at radius 1 is 0.449 bits per heavy atom. The Morgan fingerprint density at radius 3 is 0.980 bits per heavy atom. The van der Waals surface area contributed by atoms with Gasteiger partial charge in [0.2, 0.25) is 0 Å². The Morgan fingerprint density at radius 2 is 0.714 bits per heavy atom. The van der Waals surface area contributed by atoms with Crippen LogP contribution in [0.25, 0.3) is 0 Å². The number of benzene rings is 2. The lowest BCUT2D eigenvalue weighted by Crippen LogP contribution is -2.34. The van der Waals surface area contributed by atoms with Crippen LogP contribution in [-0.4, -0.2) is 19.6 Å². The summed E-state index contributed by atoms with van der Waals surface area (Å²) in [6, 6.07) is 15.6. The molecule has 49 heavy (non-hydrogen) atoms. The zero-order chi connectivity index (χ0) is 35.6. The maximum atomic E-state index is 9.41. The maximum absolute atomic E-state index is 9.41. The molecule has 0 saturated heterocycles. The van der Waals surface area contributed by atoms with E-state index in [-0.39, 0.29) is 5.41 Å². The van der Waals surface area contributed by atoms with Gasteiger partial charge in [0.1, 0.15) is 11.5 Å². The third-order valence-electron chi connectivity index (χ3n) is 10.4. The molecule has 0 fully saturated rings. The van der Waals surface area contributed by atoms with Crippen LogP contribution in [-0.2, 0) is 5.41 Å². The molecule has 0 amide bonds. The summed E-state index contributed by atoms with van der Waals surface area (Å²) >= 11 is 0. The van der Waals surface area contributed by atoms with Crippen molar-refractivity contribution in [3.8, 4) is 11.5 Å². The molecule has 6 nitrogen and oxygen atoms in total. The van der Waals surface area contributed by atoms with E-state index < -0.39 is 17.2 Å². The number of rotatable bonds is 31. The maximum Gasteiger partial charge on any atom is 0.391 e. The summed E-state index contributed by atoms with van der Waals surface area (Å²) in [5, 5.41) is 0. The van der Waals surface area contributed by atoms with Crippen LogP contribution in [0.5, 0.6) is 11.5 Å². The van der Waals surface area contributed by atoms with Gasteiger partial charge < -0.3 is 28.6 Å². The molecule has 0 aliphatic carbocycles. The normalized spacial score (nSPS) is 12.0. The minimum atomic E-state index is -2.48. The van der Waals surface area contributed by atoms with E-state index in [9.17, 15) is 19.6 Å². The molecule has 0 aliphatic rings. The van der Waals surface area contributed by atoms with Crippen LogP contribution >= 0.6 is 17.2 Å². The third kappa shape index (κ3) is 18.7. The van der Waals surface area contributed by atoms with E-state index >= 15 is 0 Å². The zero-order valence-corrected chi connectivity index (χ0v) is 33.0. The minimum Gasteiger partial charge on any atom is -0.427 e. The molecule has 0 atom stereocenters. The van der Waals surface area contributed by atoms with Gasteiger partial charge in [-0.15, -0.1) is 0 Å². The van der Waals surface area contributed by atoms with Crippen molar-refractivity contribution in [1.82, 2.24) is 0 Å². The summed E-state index contributed by atoms with van der Waals surface area (Å²) < 4.78 is 10.4. The van der Waals surface area contributed by atoms with Gasteiger partial charge in [-0.1, -0.05) is 186 Å². The Balaban J connectivity index is 2.12. The van der Waals surface area contributed by atoms with Gasteiger partial charge in [0, 0.05) is 5.41 Å². The van der Waals surface area contributed by atoms with Gasteiger partial charge in [0.05, 0.1) is 0 Å². The largest absolute Gasteiger partial charge is 0.427 e. The SMILES string of the molecule is CCCCCCCCCCCCCC(CCCCCCCCCCCCC)C(C)(c1ccc(OP(O)O)cc1)c1ccc(OP(O)O)cc1. The van der Waals surface area contributed by atoms with E-state index in [4.69, 9.17) is 9.05 Å². The summed E-state index contributed by atoms with van der Waals surface area (Å²) in [7, 11) is -4.95. The molecule has 0 aromatic heterocycles. The quantitative estimate of drug-likeness (QED) is 0.0457. The van der Waals surface area contributed by atoms with Gasteiger partial charge in [0.25, 0.3) is 0 Å². The van der Waals surface area contributed by atoms with Gasteiger partial charge in [-0.2, -0.15) is 0 Å². The molecule has 280 valence electrons. The first-order chi connectivity index (χ1) is 23.8. The van der Waals surface area contributed by atoms with Crippen molar-refractivity contribution in [3.05, 3.63) is 59.7 Å². The van der Waals surface area contributed by atoms with Gasteiger partial charge in [-0.3, -0.25) is 0 Å². The van der Waals surface area contributed by atoms with E-state index in [1.165, 1.54) is 141 Å². The standard InChI is InChI=1S/C41H70O6P2/c1-4-6-8-10-12-14-16-18-20-22-24-26-36(27-25-23-21-19-17-15-13-11-9-7-5-2)41(3,37-28-32-39(33-29-37)46-48(42)43)38-30-34-40(35-31-38)47-49(44)45/h28-36,42-45H,4-27H2,1-3H3. The highest BCUT2D eigenvalue weighted by Gasteiger charge is 2.37. The lowest BCUT2D eigenvalue weighted by Gasteiger charge is -2.40. The summed E-state index contributed by atoms with van der Waals surface area (Å²) in [5.74, 6) is 1.29. The van der Waals surface area contributed by atoms with Gasteiger partial charge in [-0.25, -0.2) is 0 Å². The van der Waals surface area contributed by atoms with E-state index in [2.05, 4.69) is 45.0 Å². The van der Waals surface area contributed by atoms with Crippen molar-refractivity contribution >= 4 is 17.2 Å². The molecule has 0 heterocycles. The third-order valence-corrected chi connectivity index (χ3v) is 11.2. The van der Waals surface area contributed by atoms with Crippen molar-refractivity contribution in [2.75, 3.05) is 0 Å². The van der Waals surface area contributed by atoms with Crippen LogP contribution in [0.3, 0.4) is 0 Å². The molecule has 0 bridgehead atoms. The number of hydrogen-bond donors (Lipinski definition) is 4. The lowest BCUT2D eigenvalue weighted by atomic mass is 9.64. The molecule has 2 aromatic carbocycles. The van der Waals surface area contributed by atoms with Crippen LogP contribution in [0.15, 0.2) is 48.5 Å². The minimum absolute atomic E-state index is 0.305. The van der Waals surface area contributed by atoms with E-state index in [1.807, 2.05) is 24.3 Å². The fourth-order valence-corrected chi connectivity index (χ4v) is 8.00. The number of unbranched alkanes of at least 4 members (excludes halogenated alkanes) is 20. The van der Waals surface area contributed by atoms with Crippen molar-refractivity contribution in [2.24, 2.45) is 5.92 Å². The van der Waals surface area contributed by atoms with Gasteiger partial charge in [-0.05, 0) is 54.2 Å². The molecule has 8 heteroatoms. The van der Waals surface area contributed by atoms with Crippen molar-refractivity contribution in [1.29, 1.82) is 0 Å². The van der Waals surface area contributed by atoms with Crippen LogP contribution in [0.4, 0.5) is 0 Å². The average molecular weight is 721 g/mol. The second kappa shape index (κ2) is 27.4. The first kappa shape index (κ1) is 43.9. The predicted molar refractivity (Wildman–Crippen MR) is 209 cm³/mol. The van der Waals surface area contributed by atoms with Crippen LogP contribution in [0.1, 0.15) is 186 Å². The lowest BCUT2D eigenvalue weighted by molar-refractivity contribution is 0.283. The molecule has 2 rings (SSSR count). The van der Waals surface area contributed by atoms with E-state index in [0.717, 1.165) is 24.0 Å². The fourth-order valence-electron chi connectivity index (χ4n) is 7.38. The molecule has 0 radical (unpaired) electrons. The molecule has 0 unspecified atom stereocenters. The molecule has 4 N–H and O–H groups in total. The highest BCUT2D eigenvalue weighted by atomic mass is 31.2. The van der Waals surface area contributed by atoms with Gasteiger partial charge >= 0.3 is 17.2 Å². The Bertz CT molecular complexity index is 967. The van der Waals surface area contributed by atoms with Crippen molar-refractivity contribution in [2.45, 2.75) is 180 Å². The highest BCUT2D eigenvalue weighted by molar-refractivity contribution is 7.40. The second-order valence-corrected chi connectivity index (χ2v) is 15.7. The van der Waals surface area contributed by atoms with Crippen molar-refractivity contribution < 1.29 is 28.6 Å². The first-order valence-corrected chi connectivity index (χ1v) is 22.1. The molecule has 2 aromatic rings. The molecule has 0 aliphatic heterocycles. The number of hydrogen-bond acceptors (Lipinski definition) is 6.